The SMILES string of the molecule is COc1cc(NCC2(C)CCC2)c(F)cc1[N+](=O)[O-]. The van der Waals surface area contributed by atoms with Gasteiger partial charge in [-0.1, -0.05) is 13.3 Å². The van der Waals surface area contributed by atoms with Crippen LogP contribution in [0.1, 0.15) is 26.2 Å². The summed E-state index contributed by atoms with van der Waals surface area (Å²) < 4.78 is 18.7. The zero-order valence-corrected chi connectivity index (χ0v) is 11.0. The number of methoxy groups -OCH3 is 1. The summed E-state index contributed by atoms with van der Waals surface area (Å²) in [5.74, 6) is -0.567. The van der Waals surface area contributed by atoms with E-state index in [4.69, 9.17) is 4.74 Å². The van der Waals surface area contributed by atoms with Crippen molar-refractivity contribution in [1.29, 1.82) is 0 Å². The fourth-order valence-electron chi connectivity index (χ4n) is 2.25. The summed E-state index contributed by atoms with van der Waals surface area (Å²) in [6.07, 6.45) is 3.43. The highest BCUT2D eigenvalue weighted by Gasteiger charge is 2.31. The molecule has 0 saturated heterocycles. The maximum atomic E-state index is 13.8. The van der Waals surface area contributed by atoms with Crippen molar-refractivity contribution in [2.45, 2.75) is 26.2 Å². The van der Waals surface area contributed by atoms with Crippen molar-refractivity contribution in [2.75, 3.05) is 19.0 Å². The number of nitro groups is 1. The predicted octanol–water partition coefficient (Wildman–Crippen LogP) is 3.34. The Labute approximate surface area is 110 Å². The summed E-state index contributed by atoms with van der Waals surface area (Å²) >= 11 is 0. The molecule has 0 amide bonds. The van der Waals surface area contributed by atoms with E-state index in [9.17, 15) is 14.5 Å². The van der Waals surface area contributed by atoms with Crippen LogP contribution in [0.3, 0.4) is 0 Å². The second-order valence-corrected chi connectivity index (χ2v) is 5.28. The monoisotopic (exact) mass is 268 g/mol. The lowest BCUT2D eigenvalue weighted by atomic mass is 9.70. The van der Waals surface area contributed by atoms with Crippen LogP contribution in [-0.4, -0.2) is 18.6 Å². The van der Waals surface area contributed by atoms with Crippen molar-refractivity contribution in [1.82, 2.24) is 0 Å². The van der Waals surface area contributed by atoms with Crippen LogP contribution in [-0.2, 0) is 0 Å². The second-order valence-electron chi connectivity index (χ2n) is 5.28. The molecule has 0 radical (unpaired) electrons. The molecule has 1 aromatic rings. The number of anilines is 1. The van der Waals surface area contributed by atoms with Crippen LogP contribution in [0.4, 0.5) is 15.8 Å². The molecule has 1 aliphatic carbocycles. The van der Waals surface area contributed by atoms with Gasteiger partial charge in [0.25, 0.3) is 0 Å². The maximum absolute atomic E-state index is 13.8. The Morgan fingerprint density at radius 2 is 2.21 bits per heavy atom. The van der Waals surface area contributed by atoms with Gasteiger partial charge in [0.05, 0.1) is 23.8 Å². The first-order chi connectivity index (χ1) is 8.95. The van der Waals surface area contributed by atoms with E-state index in [1.165, 1.54) is 19.6 Å². The number of halogens is 1. The van der Waals surface area contributed by atoms with Crippen molar-refractivity contribution in [3.05, 3.63) is 28.1 Å². The van der Waals surface area contributed by atoms with Crippen LogP contribution in [0, 0.1) is 21.3 Å². The van der Waals surface area contributed by atoms with Gasteiger partial charge in [0.2, 0.25) is 0 Å². The molecule has 104 valence electrons. The third kappa shape index (κ3) is 2.77. The Morgan fingerprint density at radius 1 is 1.53 bits per heavy atom. The van der Waals surface area contributed by atoms with Gasteiger partial charge >= 0.3 is 5.69 Å². The molecule has 0 aliphatic heterocycles. The Kier molecular flexibility index (Phi) is 3.59. The number of nitro benzene ring substituents is 1. The van der Waals surface area contributed by atoms with Crippen LogP contribution in [0.2, 0.25) is 0 Å². The molecule has 1 N–H and O–H groups in total. The molecule has 1 aromatic carbocycles. The molecular weight excluding hydrogens is 251 g/mol. The minimum Gasteiger partial charge on any atom is -0.490 e. The van der Waals surface area contributed by atoms with Crippen molar-refractivity contribution in [3.63, 3.8) is 0 Å². The number of hydrogen-bond donors (Lipinski definition) is 1. The fourth-order valence-corrected chi connectivity index (χ4v) is 2.25. The van der Waals surface area contributed by atoms with E-state index in [-0.39, 0.29) is 22.5 Å². The maximum Gasteiger partial charge on any atom is 0.313 e. The molecule has 0 heterocycles. The molecule has 0 unspecified atom stereocenters. The van der Waals surface area contributed by atoms with E-state index >= 15 is 0 Å². The molecule has 2 rings (SSSR count). The summed E-state index contributed by atoms with van der Waals surface area (Å²) in [5.41, 5.74) is 0.0811. The number of ether oxygens (including phenoxy) is 1. The highest BCUT2D eigenvalue weighted by atomic mass is 19.1. The Bertz CT molecular complexity index is 501. The number of nitrogens with zero attached hydrogens (tertiary/aromatic N) is 1. The molecule has 1 saturated carbocycles. The van der Waals surface area contributed by atoms with Gasteiger partial charge in [-0.05, 0) is 18.3 Å². The first kappa shape index (κ1) is 13.6. The molecule has 19 heavy (non-hydrogen) atoms. The van der Waals surface area contributed by atoms with Crippen LogP contribution >= 0.6 is 0 Å². The summed E-state index contributed by atoms with van der Waals surface area (Å²) in [6.45, 7) is 2.80. The number of hydrogen-bond acceptors (Lipinski definition) is 4. The van der Waals surface area contributed by atoms with E-state index in [2.05, 4.69) is 12.2 Å². The molecule has 0 atom stereocenters. The molecule has 0 bridgehead atoms. The molecule has 5 nitrogen and oxygen atoms in total. The largest absolute Gasteiger partial charge is 0.490 e. The van der Waals surface area contributed by atoms with E-state index in [0.717, 1.165) is 18.9 Å². The third-order valence-corrected chi connectivity index (χ3v) is 3.73. The normalized spacial score (nSPS) is 16.6. The number of nitrogens with one attached hydrogen (secondary N) is 1. The zero-order chi connectivity index (χ0) is 14.0. The molecule has 6 heteroatoms. The van der Waals surface area contributed by atoms with Gasteiger partial charge in [0.1, 0.15) is 0 Å². The molecule has 1 fully saturated rings. The molecule has 1 aliphatic rings. The first-order valence-electron chi connectivity index (χ1n) is 6.21. The van der Waals surface area contributed by atoms with Crippen LogP contribution in [0.15, 0.2) is 12.1 Å². The fraction of sp³-hybridized carbons (Fsp3) is 0.538. The molecule has 0 spiro atoms. The lowest BCUT2D eigenvalue weighted by Gasteiger charge is -2.38. The Morgan fingerprint density at radius 3 is 2.68 bits per heavy atom. The standard InChI is InChI=1S/C13H17FN2O3/c1-13(4-3-5-13)8-15-10-7-12(19-2)11(16(17)18)6-9(10)14/h6-7,15H,3-5,8H2,1-2H3. The van der Waals surface area contributed by atoms with Crippen molar-refractivity contribution in [3.8, 4) is 5.75 Å². The topological polar surface area (TPSA) is 64.4 Å². The van der Waals surface area contributed by atoms with Crippen LogP contribution in [0.25, 0.3) is 0 Å². The summed E-state index contributed by atoms with van der Waals surface area (Å²) in [7, 11) is 1.33. The highest BCUT2D eigenvalue weighted by molar-refractivity contribution is 5.59. The van der Waals surface area contributed by atoms with E-state index < -0.39 is 10.7 Å². The zero-order valence-electron chi connectivity index (χ0n) is 11.0. The minimum atomic E-state index is -0.654. The van der Waals surface area contributed by atoms with Gasteiger partial charge < -0.3 is 10.1 Å². The second kappa shape index (κ2) is 5.03. The van der Waals surface area contributed by atoms with Crippen molar-refractivity contribution >= 4 is 11.4 Å². The van der Waals surface area contributed by atoms with Crippen molar-refractivity contribution < 1.29 is 14.1 Å². The summed E-state index contributed by atoms with van der Waals surface area (Å²) in [6, 6.07) is 2.24. The average Bonchev–Trinajstić information content (AvgIpc) is 2.34. The quantitative estimate of drug-likeness (QED) is 0.657. The highest BCUT2D eigenvalue weighted by Crippen LogP contribution is 2.41. The van der Waals surface area contributed by atoms with Gasteiger partial charge in [-0.2, -0.15) is 0 Å². The van der Waals surface area contributed by atoms with Crippen molar-refractivity contribution in [2.24, 2.45) is 5.41 Å². The number of rotatable bonds is 5. The lowest BCUT2D eigenvalue weighted by Crippen LogP contribution is -2.33. The lowest BCUT2D eigenvalue weighted by molar-refractivity contribution is -0.385. The summed E-state index contributed by atoms with van der Waals surface area (Å²) in [4.78, 5) is 10.1. The average molecular weight is 268 g/mol. The third-order valence-electron chi connectivity index (χ3n) is 3.73. The molecular formula is C13H17FN2O3. The van der Waals surface area contributed by atoms with Gasteiger partial charge in [-0.15, -0.1) is 0 Å². The van der Waals surface area contributed by atoms with Gasteiger partial charge in [0.15, 0.2) is 11.6 Å². The first-order valence-corrected chi connectivity index (χ1v) is 6.21. The van der Waals surface area contributed by atoms with Gasteiger partial charge in [-0.3, -0.25) is 10.1 Å². The van der Waals surface area contributed by atoms with Gasteiger partial charge in [-0.25, -0.2) is 4.39 Å². The van der Waals surface area contributed by atoms with Crippen LogP contribution < -0.4 is 10.1 Å². The van der Waals surface area contributed by atoms with Gasteiger partial charge in [0, 0.05) is 12.6 Å². The minimum absolute atomic E-state index is 0.0627. The van der Waals surface area contributed by atoms with E-state index in [1.807, 2.05) is 0 Å². The summed E-state index contributed by atoms with van der Waals surface area (Å²) in [5, 5.41) is 13.8. The Balaban J connectivity index is 2.18. The van der Waals surface area contributed by atoms with E-state index in [1.54, 1.807) is 0 Å². The predicted molar refractivity (Wildman–Crippen MR) is 70.1 cm³/mol. The smallest absolute Gasteiger partial charge is 0.313 e. The van der Waals surface area contributed by atoms with Crippen LogP contribution in [0.5, 0.6) is 5.75 Å². The Hall–Kier alpha value is -1.85. The number of benzene rings is 1. The molecule has 0 aromatic heterocycles. The van der Waals surface area contributed by atoms with E-state index in [0.29, 0.717) is 6.54 Å².